The average Bonchev–Trinajstić information content (AvgIpc) is 2.98. The van der Waals surface area contributed by atoms with E-state index in [0.29, 0.717) is 21.7 Å². The highest BCUT2D eigenvalue weighted by atomic mass is 32.2. The molecular formula is C21H23NO6S. The van der Waals surface area contributed by atoms with E-state index in [-0.39, 0.29) is 29.4 Å². The molecule has 1 heterocycles. The molecule has 8 heteroatoms. The van der Waals surface area contributed by atoms with Gasteiger partial charge in [-0.3, -0.25) is 9.59 Å². The Bertz CT molecular complexity index is 947. The van der Waals surface area contributed by atoms with Gasteiger partial charge in [0.05, 0.1) is 29.2 Å². The molecule has 0 saturated carbocycles. The van der Waals surface area contributed by atoms with Gasteiger partial charge in [0.15, 0.2) is 6.61 Å². The fourth-order valence-electron chi connectivity index (χ4n) is 2.76. The number of thioether (sulfide) groups is 1. The van der Waals surface area contributed by atoms with E-state index in [1.807, 2.05) is 0 Å². The van der Waals surface area contributed by atoms with Gasteiger partial charge in [-0.25, -0.2) is 9.59 Å². The summed E-state index contributed by atoms with van der Waals surface area (Å²) in [7, 11) is 0. The van der Waals surface area contributed by atoms with Crippen LogP contribution in [0.15, 0.2) is 29.2 Å². The quantitative estimate of drug-likeness (QED) is 0.378. The predicted molar refractivity (Wildman–Crippen MR) is 109 cm³/mol. The number of rotatable bonds is 9. The maximum absolute atomic E-state index is 12.5. The van der Waals surface area contributed by atoms with Gasteiger partial charge in [-0.1, -0.05) is 12.1 Å². The van der Waals surface area contributed by atoms with Crippen LogP contribution in [-0.4, -0.2) is 47.5 Å². The Hall–Kier alpha value is -2.87. The molecule has 0 aliphatic rings. The fourth-order valence-corrected chi connectivity index (χ4v) is 3.60. The van der Waals surface area contributed by atoms with Crippen molar-refractivity contribution in [1.82, 2.24) is 4.98 Å². The molecule has 0 aliphatic carbocycles. The van der Waals surface area contributed by atoms with E-state index in [2.05, 4.69) is 4.98 Å². The minimum absolute atomic E-state index is 0.0108. The van der Waals surface area contributed by atoms with Crippen molar-refractivity contribution in [2.24, 2.45) is 0 Å². The molecule has 29 heavy (non-hydrogen) atoms. The molecule has 1 N–H and O–H groups in total. The van der Waals surface area contributed by atoms with Crippen molar-refractivity contribution < 1.29 is 28.7 Å². The molecule has 0 aliphatic heterocycles. The van der Waals surface area contributed by atoms with Gasteiger partial charge in [0.25, 0.3) is 0 Å². The van der Waals surface area contributed by atoms with Crippen LogP contribution < -0.4 is 0 Å². The van der Waals surface area contributed by atoms with E-state index in [4.69, 9.17) is 9.47 Å². The Kier molecular flexibility index (Phi) is 7.78. The van der Waals surface area contributed by atoms with Gasteiger partial charge in [-0.2, -0.15) is 0 Å². The van der Waals surface area contributed by atoms with Gasteiger partial charge < -0.3 is 14.5 Å². The molecule has 0 bridgehead atoms. The Morgan fingerprint density at radius 1 is 1.03 bits per heavy atom. The van der Waals surface area contributed by atoms with Gasteiger partial charge in [0.1, 0.15) is 5.78 Å². The number of esters is 2. The molecule has 0 amide bonds. The van der Waals surface area contributed by atoms with Crippen LogP contribution in [0.1, 0.15) is 56.3 Å². The van der Waals surface area contributed by atoms with Gasteiger partial charge >= 0.3 is 11.9 Å². The van der Waals surface area contributed by atoms with Crippen LogP contribution in [0.3, 0.4) is 0 Å². The number of nitrogens with one attached hydrogen (secondary N) is 1. The van der Waals surface area contributed by atoms with Crippen LogP contribution in [0.4, 0.5) is 0 Å². The van der Waals surface area contributed by atoms with Gasteiger partial charge in [0.2, 0.25) is 5.78 Å². The number of benzene rings is 1. The fraction of sp³-hybridized carbons (Fsp3) is 0.333. The smallest absolute Gasteiger partial charge is 0.340 e. The summed E-state index contributed by atoms with van der Waals surface area (Å²) < 4.78 is 10.2. The second kappa shape index (κ2) is 10.1. The summed E-state index contributed by atoms with van der Waals surface area (Å²) in [5, 5.41) is 0. The topological polar surface area (TPSA) is 103 Å². The van der Waals surface area contributed by atoms with Crippen LogP contribution in [-0.2, 0) is 14.3 Å². The summed E-state index contributed by atoms with van der Waals surface area (Å²) in [6, 6.07) is 6.74. The summed E-state index contributed by atoms with van der Waals surface area (Å²) in [6.45, 7) is 6.23. The first kappa shape index (κ1) is 22.4. The van der Waals surface area contributed by atoms with Gasteiger partial charge in [-0.15, -0.1) is 11.8 Å². The number of H-pyrrole nitrogens is 1. The molecule has 2 rings (SSSR count). The van der Waals surface area contributed by atoms with Crippen molar-refractivity contribution in [2.75, 3.05) is 19.0 Å². The molecular weight excluding hydrogens is 394 g/mol. The SMILES string of the molecule is CCOC(=O)c1c(C)[nH]c(C(=O)COC(=O)c2ccccc2SCC(C)=O)c1C. The maximum atomic E-state index is 12.5. The minimum Gasteiger partial charge on any atom is -0.462 e. The molecule has 154 valence electrons. The standard InChI is InChI=1S/C21H23NO6S/c1-5-27-21(26)18-13(3)19(22-14(18)4)16(24)10-28-20(25)15-8-6-7-9-17(15)29-11-12(2)23/h6-9,22H,5,10-11H2,1-4H3. The van der Waals surface area contributed by atoms with E-state index in [0.717, 1.165) is 0 Å². The lowest BCUT2D eigenvalue weighted by molar-refractivity contribution is -0.114. The third kappa shape index (κ3) is 5.57. The molecule has 1 aromatic carbocycles. The Labute approximate surface area is 173 Å². The Balaban J connectivity index is 2.10. The summed E-state index contributed by atoms with van der Waals surface area (Å²) in [4.78, 5) is 51.7. The molecule has 7 nitrogen and oxygen atoms in total. The number of ether oxygens (including phenoxy) is 2. The van der Waals surface area contributed by atoms with Crippen molar-refractivity contribution in [2.45, 2.75) is 32.6 Å². The Morgan fingerprint density at radius 3 is 2.38 bits per heavy atom. The Morgan fingerprint density at radius 2 is 1.72 bits per heavy atom. The maximum Gasteiger partial charge on any atom is 0.340 e. The van der Waals surface area contributed by atoms with E-state index in [1.165, 1.54) is 18.7 Å². The minimum atomic E-state index is -0.656. The predicted octanol–water partition coefficient (Wildman–Crippen LogP) is 3.53. The number of carbonyl (C=O) groups excluding carboxylic acids is 4. The van der Waals surface area contributed by atoms with Gasteiger partial charge in [0, 0.05) is 10.6 Å². The molecule has 0 radical (unpaired) electrons. The first-order chi connectivity index (χ1) is 13.8. The van der Waals surface area contributed by atoms with Crippen molar-refractivity contribution in [1.29, 1.82) is 0 Å². The van der Waals surface area contributed by atoms with Crippen molar-refractivity contribution in [3.63, 3.8) is 0 Å². The van der Waals surface area contributed by atoms with E-state index in [9.17, 15) is 19.2 Å². The molecule has 0 atom stereocenters. The zero-order valence-corrected chi connectivity index (χ0v) is 17.6. The molecule has 0 spiro atoms. The number of hydrogen-bond acceptors (Lipinski definition) is 7. The number of carbonyl (C=O) groups is 4. The van der Waals surface area contributed by atoms with Crippen LogP contribution in [0.5, 0.6) is 0 Å². The van der Waals surface area contributed by atoms with Crippen LogP contribution in [0, 0.1) is 13.8 Å². The van der Waals surface area contributed by atoms with Crippen molar-refractivity contribution >= 4 is 35.3 Å². The molecule has 0 saturated heterocycles. The summed E-state index contributed by atoms with van der Waals surface area (Å²) in [6.07, 6.45) is 0. The number of aromatic amines is 1. The van der Waals surface area contributed by atoms with Crippen LogP contribution in [0.25, 0.3) is 0 Å². The first-order valence-corrected chi connectivity index (χ1v) is 10.0. The average molecular weight is 417 g/mol. The monoisotopic (exact) mass is 417 g/mol. The highest BCUT2D eigenvalue weighted by Crippen LogP contribution is 2.24. The van der Waals surface area contributed by atoms with Crippen molar-refractivity contribution in [3.8, 4) is 0 Å². The summed E-state index contributed by atoms with van der Waals surface area (Å²) >= 11 is 1.24. The molecule has 2 aromatic rings. The highest BCUT2D eigenvalue weighted by Gasteiger charge is 2.24. The van der Waals surface area contributed by atoms with E-state index < -0.39 is 24.3 Å². The molecule has 1 aromatic heterocycles. The van der Waals surface area contributed by atoms with E-state index in [1.54, 1.807) is 45.0 Å². The first-order valence-electron chi connectivity index (χ1n) is 9.04. The largest absolute Gasteiger partial charge is 0.462 e. The summed E-state index contributed by atoms with van der Waals surface area (Å²) in [5.74, 6) is -1.39. The third-order valence-corrected chi connectivity index (χ3v) is 5.29. The lowest BCUT2D eigenvalue weighted by atomic mass is 10.1. The zero-order chi connectivity index (χ0) is 21.6. The second-order valence-corrected chi connectivity index (χ2v) is 7.35. The molecule has 0 fully saturated rings. The number of ketones is 2. The zero-order valence-electron chi connectivity index (χ0n) is 16.8. The summed E-state index contributed by atoms with van der Waals surface area (Å²) in [5.41, 5.74) is 1.78. The number of Topliss-reactive ketones (excluding diaryl/α,β-unsaturated/α-hetero) is 2. The van der Waals surface area contributed by atoms with Crippen molar-refractivity contribution in [3.05, 3.63) is 52.3 Å². The normalized spacial score (nSPS) is 10.5. The number of aryl methyl sites for hydroxylation is 1. The lowest BCUT2D eigenvalue weighted by Gasteiger charge is -2.08. The lowest BCUT2D eigenvalue weighted by Crippen LogP contribution is -2.16. The molecule has 0 unspecified atom stereocenters. The van der Waals surface area contributed by atoms with Gasteiger partial charge in [-0.05, 0) is 45.4 Å². The van der Waals surface area contributed by atoms with E-state index >= 15 is 0 Å². The number of aromatic nitrogens is 1. The third-order valence-electron chi connectivity index (χ3n) is 4.07. The number of hydrogen-bond donors (Lipinski definition) is 1. The highest BCUT2D eigenvalue weighted by molar-refractivity contribution is 8.00. The second-order valence-electron chi connectivity index (χ2n) is 6.33. The van der Waals surface area contributed by atoms with Crippen LogP contribution in [0.2, 0.25) is 0 Å². The van der Waals surface area contributed by atoms with Crippen LogP contribution >= 0.6 is 11.8 Å².